The Balaban J connectivity index is 2.31. The lowest BCUT2D eigenvalue weighted by Crippen LogP contribution is -1.95. The number of alkyl halides is 1. The van der Waals surface area contributed by atoms with Crippen LogP contribution in [0.25, 0.3) is 0 Å². The summed E-state index contributed by atoms with van der Waals surface area (Å²) in [5.74, 6) is 0. The molecule has 0 amide bonds. The molecule has 2 rings (SSSR count). The molecule has 18 heavy (non-hydrogen) atoms. The molecule has 3 heteroatoms. The molecule has 0 aliphatic carbocycles. The quantitative estimate of drug-likeness (QED) is 0.620. The fourth-order valence-electron chi connectivity index (χ4n) is 1.81. The van der Waals surface area contributed by atoms with Crippen LogP contribution in [0.15, 0.2) is 42.5 Å². The van der Waals surface area contributed by atoms with Gasteiger partial charge >= 0.3 is 0 Å². The van der Waals surface area contributed by atoms with E-state index in [1.165, 1.54) is 5.56 Å². The smallest absolute Gasteiger partial charge is 0.0849 e. The van der Waals surface area contributed by atoms with Crippen molar-refractivity contribution in [3.05, 3.63) is 69.2 Å². The van der Waals surface area contributed by atoms with Gasteiger partial charge in [-0.15, -0.1) is 11.6 Å². The number of aryl methyl sites for hydroxylation is 1. The Morgan fingerprint density at radius 3 is 2.22 bits per heavy atom. The first kappa shape index (κ1) is 13.7. The minimum atomic E-state index is -0.249. The van der Waals surface area contributed by atoms with Crippen LogP contribution in [0.1, 0.15) is 29.0 Å². The SMILES string of the molecule is CCc1ccc(C(Cl)c2ccc(Cl)cc2Cl)cc1. The number of benzene rings is 2. The van der Waals surface area contributed by atoms with Gasteiger partial charge in [-0.1, -0.05) is 60.5 Å². The summed E-state index contributed by atoms with van der Waals surface area (Å²) >= 11 is 18.5. The fourth-order valence-corrected chi connectivity index (χ4v) is 2.72. The lowest BCUT2D eigenvalue weighted by Gasteiger charge is -2.13. The second-order valence-electron chi connectivity index (χ2n) is 4.12. The number of hydrogen-bond acceptors (Lipinski definition) is 0. The van der Waals surface area contributed by atoms with E-state index in [0.29, 0.717) is 10.0 Å². The van der Waals surface area contributed by atoms with Crippen LogP contribution in [0.2, 0.25) is 10.0 Å². The van der Waals surface area contributed by atoms with Gasteiger partial charge in [0.05, 0.1) is 5.38 Å². The zero-order valence-electron chi connectivity index (χ0n) is 9.96. The third-order valence-electron chi connectivity index (χ3n) is 2.92. The number of halogens is 3. The molecule has 0 aliphatic heterocycles. The van der Waals surface area contributed by atoms with Crippen molar-refractivity contribution in [2.45, 2.75) is 18.7 Å². The first-order valence-corrected chi connectivity index (χ1v) is 6.99. The highest BCUT2D eigenvalue weighted by Gasteiger charge is 2.14. The first-order valence-electron chi connectivity index (χ1n) is 5.79. The molecular formula is C15H13Cl3. The van der Waals surface area contributed by atoms with Crippen LogP contribution in [-0.4, -0.2) is 0 Å². The molecule has 1 unspecified atom stereocenters. The monoisotopic (exact) mass is 298 g/mol. The van der Waals surface area contributed by atoms with Gasteiger partial charge in [-0.05, 0) is 35.2 Å². The summed E-state index contributed by atoms with van der Waals surface area (Å²) in [6, 6.07) is 13.7. The van der Waals surface area contributed by atoms with Gasteiger partial charge in [0.25, 0.3) is 0 Å². The van der Waals surface area contributed by atoms with Gasteiger partial charge in [-0.25, -0.2) is 0 Å². The summed E-state index contributed by atoms with van der Waals surface area (Å²) in [5.41, 5.74) is 3.22. The Labute approximate surface area is 122 Å². The molecule has 0 bridgehead atoms. The van der Waals surface area contributed by atoms with Crippen molar-refractivity contribution in [2.24, 2.45) is 0 Å². The van der Waals surface area contributed by atoms with Crippen LogP contribution in [0.4, 0.5) is 0 Å². The van der Waals surface area contributed by atoms with Gasteiger partial charge in [-0.2, -0.15) is 0 Å². The van der Waals surface area contributed by atoms with Gasteiger partial charge in [0, 0.05) is 10.0 Å². The molecule has 0 spiro atoms. The predicted octanol–water partition coefficient (Wildman–Crippen LogP) is 5.88. The van der Waals surface area contributed by atoms with E-state index in [0.717, 1.165) is 17.5 Å². The first-order chi connectivity index (χ1) is 8.61. The van der Waals surface area contributed by atoms with E-state index in [1.54, 1.807) is 12.1 Å². The largest absolute Gasteiger partial charge is 0.113 e. The van der Waals surface area contributed by atoms with Crippen LogP contribution in [-0.2, 0) is 6.42 Å². The Kier molecular flexibility index (Phi) is 4.55. The van der Waals surface area contributed by atoms with Crippen LogP contribution in [0.3, 0.4) is 0 Å². The fraction of sp³-hybridized carbons (Fsp3) is 0.200. The topological polar surface area (TPSA) is 0 Å². The van der Waals surface area contributed by atoms with Crippen molar-refractivity contribution in [2.75, 3.05) is 0 Å². The van der Waals surface area contributed by atoms with Crippen molar-refractivity contribution in [3.8, 4) is 0 Å². The van der Waals surface area contributed by atoms with Gasteiger partial charge in [0.15, 0.2) is 0 Å². The van der Waals surface area contributed by atoms with Crippen molar-refractivity contribution in [1.82, 2.24) is 0 Å². The molecule has 94 valence electrons. The summed E-state index contributed by atoms with van der Waals surface area (Å²) in [7, 11) is 0. The molecule has 2 aromatic carbocycles. The molecule has 0 saturated carbocycles. The molecule has 0 aromatic heterocycles. The maximum absolute atomic E-state index is 6.46. The molecule has 0 nitrogen and oxygen atoms in total. The number of hydrogen-bond donors (Lipinski definition) is 0. The van der Waals surface area contributed by atoms with E-state index in [-0.39, 0.29) is 5.38 Å². The zero-order valence-corrected chi connectivity index (χ0v) is 12.2. The van der Waals surface area contributed by atoms with Gasteiger partial charge in [0.2, 0.25) is 0 Å². The second-order valence-corrected chi connectivity index (χ2v) is 5.40. The molecule has 1 atom stereocenters. The summed E-state index contributed by atoms with van der Waals surface area (Å²) in [6.07, 6.45) is 1.02. The molecule has 0 fully saturated rings. The zero-order chi connectivity index (χ0) is 13.1. The Hall–Kier alpha value is -0.690. The molecule has 0 saturated heterocycles. The summed E-state index contributed by atoms with van der Waals surface area (Å²) < 4.78 is 0. The van der Waals surface area contributed by atoms with E-state index >= 15 is 0 Å². The molecule has 2 aromatic rings. The lowest BCUT2D eigenvalue weighted by atomic mass is 10.0. The minimum absolute atomic E-state index is 0.249. The van der Waals surface area contributed by atoms with Crippen molar-refractivity contribution in [3.63, 3.8) is 0 Å². The Morgan fingerprint density at radius 1 is 1.00 bits per heavy atom. The van der Waals surface area contributed by atoms with E-state index in [1.807, 2.05) is 18.2 Å². The Bertz CT molecular complexity index is 532. The van der Waals surface area contributed by atoms with Gasteiger partial charge < -0.3 is 0 Å². The van der Waals surface area contributed by atoms with E-state index in [2.05, 4.69) is 19.1 Å². The molecule has 0 aliphatic rings. The van der Waals surface area contributed by atoms with Crippen molar-refractivity contribution in [1.29, 1.82) is 0 Å². The normalized spacial score (nSPS) is 12.4. The highest BCUT2D eigenvalue weighted by atomic mass is 35.5. The maximum atomic E-state index is 6.46. The van der Waals surface area contributed by atoms with Gasteiger partial charge in [0.1, 0.15) is 0 Å². The average Bonchev–Trinajstić information content (AvgIpc) is 2.38. The van der Waals surface area contributed by atoms with E-state index in [4.69, 9.17) is 34.8 Å². The molecular weight excluding hydrogens is 287 g/mol. The second kappa shape index (κ2) is 5.97. The minimum Gasteiger partial charge on any atom is -0.113 e. The standard InChI is InChI=1S/C15H13Cl3/c1-2-10-3-5-11(6-4-10)15(18)13-8-7-12(16)9-14(13)17/h3-9,15H,2H2,1H3. The van der Waals surface area contributed by atoms with E-state index in [9.17, 15) is 0 Å². The highest BCUT2D eigenvalue weighted by Crippen LogP contribution is 2.34. The van der Waals surface area contributed by atoms with Crippen LogP contribution in [0.5, 0.6) is 0 Å². The van der Waals surface area contributed by atoms with Crippen LogP contribution >= 0.6 is 34.8 Å². The summed E-state index contributed by atoms with van der Waals surface area (Å²) in [6.45, 7) is 2.13. The third-order valence-corrected chi connectivity index (χ3v) is 3.97. The predicted molar refractivity (Wildman–Crippen MR) is 80.0 cm³/mol. The molecule has 0 heterocycles. The third kappa shape index (κ3) is 3.00. The van der Waals surface area contributed by atoms with E-state index < -0.39 is 0 Å². The molecule has 0 radical (unpaired) electrons. The average molecular weight is 300 g/mol. The maximum Gasteiger partial charge on any atom is 0.0849 e. The van der Waals surface area contributed by atoms with Crippen molar-refractivity contribution >= 4 is 34.8 Å². The van der Waals surface area contributed by atoms with Gasteiger partial charge in [-0.3, -0.25) is 0 Å². The lowest BCUT2D eigenvalue weighted by molar-refractivity contribution is 1.10. The summed E-state index contributed by atoms with van der Waals surface area (Å²) in [4.78, 5) is 0. The summed E-state index contributed by atoms with van der Waals surface area (Å²) in [5, 5.41) is 0.969. The highest BCUT2D eigenvalue weighted by molar-refractivity contribution is 6.36. The molecule has 0 N–H and O–H groups in total. The van der Waals surface area contributed by atoms with Crippen LogP contribution in [0, 0.1) is 0 Å². The Morgan fingerprint density at radius 2 is 1.67 bits per heavy atom. The van der Waals surface area contributed by atoms with Crippen molar-refractivity contribution < 1.29 is 0 Å². The number of rotatable bonds is 3. The van der Waals surface area contributed by atoms with Crippen LogP contribution < -0.4 is 0 Å².